The molecule has 0 radical (unpaired) electrons. The zero-order chi connectivity index (χ0) is 14.8. The van der Waals surface area contributed by atoms with Gasteiger partial charge < -0.3 is 5.32 Å². The lowest BCUT2D eigenvalue weighted by Crippen LogP contribution is -2.25. The van der Waals surface area contributed by atoms with Crippen LogP contribution in [0.15, 0.2) is 29.3 Å². The molecule has 2 aromatic rings. The lowest BCUT2D eigenvalue weighted by atomic mass is 10.1. The summed E-state index contributed by atoms with van der Waals surface area (Å²) in [5, 5.41) is 3.13. The van der Waals surface area contributed by atoms with Gasteiger partial charge in [-0.2, -0.15) is 4.98 Å². The van der Waals surface area contributed by atoms with Crippen molar-refractivity contribution in [3.8, 4) is 5.69 Å². The average Bonchev–Trinajstić information content (AvgIpc) is 3.30. The van der Waals surface area contributed by atoms with Gasteiger partial charge in [0, 0.05) is 6.54 Å². The Morgan fingerprint density at radius 2 is 2.19 bits per heavy atom. The molecular weight excluding hydrogens is 264 g/mol. The maximum absolute atomic E-state index is 12.3. The SMILES string of the molecule is CCc1cccc(C)c1-n1cnc(NCC2CC2)nc1=O. The van der Waals surface area contributed by atoms with E-state index in [-0.39, 0.29) is 5.69 Å². The Balaban J connectivity index is 1.93. The molecule has 1 N–H and O–H groups in total. The molecular formula is C16H20N4O. The van der Waals surface area contributed by atoms with Gasteiger partial charge in [0.15, 0.2) is 0 Å². The third-order valence-electron chi connectivity index (χ3n) is 3.89. The number of anilines is 1. The van der Waals surface area contributed by atoms with Crippen LogP contribution in [0.2, 0.25) is 0 Å². The predicted octanol–water partition coefficient (Wildman–Crippen LogP) is 2.32. The van der Waals surface area contributed by atoms with Crippen molar-refractivity contribution in [1.82, 2.24) is 14.5 Å². The molecule has 0 bridgehead atoms. The lowest BCUT2D eigenvalue weighted by Gasteiger charge is -2.13. The van der Waals surface area contributed by atoms with E-state index in [4.69, 9.17) is 0 Å². The van der Waals surface area contributed by atoms with Crippen molar-refractivity contribution < 1.29 is 0 Å². The van der Waals surface area contributed by atoms with E-state index in [1.54, 1.807) is 6.33 Å². The fourth-order valence-corrected chi connectivity index (χ4v) is 2.48. The van der Waals surface area contributed by atoms with Crippen LogP contribution in [0.5, 0.6) is 0 Å². The van der Waals surface area contributed by atoms with E-state index in [0.717, 1.165) is 35.7 Å². The number of hydrogen-bond acceptors (Lipinski definition) is 4. The topological polar surface area (TPSA) is 59.8 Å². The molecule has 0 atom stereocenters. The molecule has 1 aliphatic carbocycles. The van der Waals surface area contributed by atoms with Crippen LogP contribution >= 0.6 is 0 Å². The second kappa shape index (κ2) is 5.68. The summed E-state index contributed by atoms with van der Waals surface area (Å²) < 4.78 is 1.54. The zero-order valence-corrected chi connectivity index (χ0v) is 12.5. The van der Waals surface area contributed by atoms with Gasteiger partial charge in [-0.15, -0.1) is 0 Å². The molecule has 5 heteroatoms. The number of nitrogens with one attached hydrogen (secondary N) is 1. The number of hydrogen-bond donors (Lipinski definition) is 1. The Hall–Kier alpha value is -2.17. The maximum Gasteiger partial charge on any atom is 0.356 e. The normalized spacial score (nSPS) is 14.2. The van der Waals surface area contributed by atoms with E-state index in [0.29, 0.717) is 5.95 Å². The second-order valence-electron chi connectivity index (χ2n) is 5.59. The molecule has 1 fully saturated rings. The van der Waals surface area contributed by atoms with Gasteiger partial charge in [-0.25, -0.2) is 9.78 Å². The minimum atomic E-state index is -0.285. The molecule has 3 rings (SSSR count). The molecule has 1 aromatic heterocycles. The van der Waals surface area contributed by atoms with E-state index in [1.165, 1.54) is 17.4 Å². The summed E-state index contributed by atoms with van der Waals surface area (Å²) in [5.41, 5.74) is 2.80. The predicted molar refractivity (Wildman–Crippen MR) is 83.0 cm³/mol. The highest BCUT2D eigenvalue weighted by atomic mass is 16.1. The summed E-state index contributed by atoms with van der Waals surface area (Å²) in [6.45, 7) is 4.93. The molecule has 1 aromatic carbocycles. The first kappa shape index (κ1) is 13.8. The lowest BCUT2D eigenvalue weighted by molar-refractivity contribution is 0.819. The van der Waals surface area contributed by atoms with Crippen molar-refractivity contribution in [1.29, 1.82) is 0 Å². The Morgan fingerprint density at radius 3 is 2.86 bits per heavy atom. The van der Waals surface area contributed by atoms with Crippen LogP contribution in [-0.2, 0) is 6.42 Å². The van der Waals surface area contributed by atoms with E-state index in [2.05, 4.69) is 22.2 Å². The van der Waals surface area contributed by atoms with Crippen LogP contribution in [-0.4, -0.2) is 21.1 Å². The third-order valence-corrected chi connectivity index (χ3v) is 3.89. The fourth-order valence-electron chi connectivity index (χ4n) is 2.48. The number of nitrogens with zero attached hydrogens (tertiary/aromatic N) is 3. The highest BCUT2D eigenvalue weighted by Gasteiger charge is 2.21. The van der Waals surface area contributed by atoms with E-state index >= 15 is 0 Å². The molecule has 21 heavy (non-hydrogen) atoms. The van der Waals surface area contributed by atoms with Crippen molar-refractivity contribution in [2.24, 2.45) is 5.92 Å². The average molecular weight is 284 g/mol. The molecule has 0 aliphatic heterocycles. The van der Waals surface area contributed by atoms with Gasteiger partial charge in [0.1, 0.15) is 6.33 Å². The quantitative estimate of drug-likeness (QED) is 0.915. The Bertz CT molecular complexity index is 704. The highest BCUT2D eigenvalue weighted by molar-refractivity contribution is 5.47. The number of benzene rings is 1. The van der Waals surface area contributed by atoms with Gasteiger partial charge in [0.05, 0.1) is 5.69 Å². The van der Waals surface area contributed by atoms with Gasteiger partial charge in [-0.05, 0) is 43.2 Å². The number of aryl methyl sites for hydroxylation is 2. The molecule has 0 spiro atoms. The largest absolute Gasteiger partial charge is 0.356 e. The van der Waals surface area contributed by atoms with Crippen molar-refractivity contribution in [3.63, 3.8) is 0 Å². The number of aromatic nitrogens is 3. The third kappa shape index (κ3) is 2.96. The Labute approximate surface area is 124 Å². The number of rotatable bonds is 5. The first-order chi connectivity index (χ1) is 10.2. The first-order valence-corrected chi connectivity index (χ1v) is 7.47. The van der Waals surface area contributed by atoms with Gasteiger partial charge in [-0.1, -0.05) is 25.1 Å². The minimum absolute atomic E-state index is 0.285. The summed E-state index contributed by atoms with van der Waals surface area (Å²) in [5.74, 6) is 1.15. The smallest absolute Gasteiger partial charge is 0.354 e. The van der Waals surface area contributed by atoms with Gasteiger partial charge >= 0.3 is 5.69 Å². The van der Waals surface area contributed by atoms with Gasteiger partial charge in [0.2, 0.25) is 5.95 Å². The second-order valence-corrected chi connectivity index (χ2v) is 5.59. The van der Waals surface area contributed by atoms with Crippen LogP contribution in [0.3, 0.4) is 0 Å². The van der Waals surface area contributed by atoms with Crippen LogP contribution in [0.1, 0.15) is 30.9 Å². The highest BCUT2D eigenvalue weighted by Crippen LogP contribution is 2.28. The molecule has 110 valence electrons. The van der Waals surface area contributed by atoms with Crippen molar-refractivity contribution in [3.05, 3.63) is 46.1 Å². The molecule has 0 saturated heterocycles. The molecule has 0 amide bonds. The number of para-hydroxylation sites is 1. The van der Waals surface area contributed by atoms with Crippen LogP contribution in [0.25, 0.3) is 5.69 Å². The zero-order valence-electron chi connectivity index (χ0n) is 12.5. The minimum Gasteiger partial charge on any atom is -0.354 e. The molecule has 5 nitrogen and oxygen atoms in total. The Morgan fingerprint density at radius 1 is 1.38 bits per heavy atom. The first-order valence-electron chi connectivity index (χ1n) is 7.47. The van der Waals surface area contributed by atoms with Crippen molar-refractivity contribution in [2.75, 3.05) is 11.9 Å². The van der Waals surface area contributed by atoms with Crippen LogP contribution in [0.4, 0.5) is 5.95 Å². The summed E-state index contributed by atoms with van der Waals surface area (Å²) in [7, 11) is 0. The van der Waals surface area contributed by atoms with E-state index in [9.17, 15) is 4.79 Å². The van der Waals surface area contributed by atoms with Crippen molar-refractivity contribution in [2.45, 2.75) is 33.1 Å². The van der Waals surface area contributed by atoms with Crippen LogP contribution < -0.4 is 11.0 Å². The standard InChI is InChI=1S/C16H20N4O/c1-3-13-6-4-5-11(2)14(13)20-10-18-15(19-16(20)21)17-9-12-7-8-12/h4-6,10,12H,3,7-9H2,1-2H3,(H,17,19,21). The summed E-state index contributed by atoms with van der Waals surface area (Å²) in [6, 6.07) is 6.04. The summed E-state index contributed by atoms with van der Waals surface area (Å²) in [6.07, 6.45) is 4.96. The molecule has 1 heterocycles. The van der Waals surface area contributed by atoms with E-state index in [1.807, 2.05) is 25.1 Å². The van der Waals surface area contributed by atoms with E-state index < -0.39 is 0 Å². The summed E-state index contributed by atoms with van der Waals surface area (Å²) in [4.78, 5) is 20.6. The Kier molecular flexibility index (Phi) is 3.73. The fraction of sp³-hybridized carbons (Fsp3) is 0.438. The van der Waals surface area contributed by atoms with Gasteiger partial charge in [0.25, 0.3) is 0 Å². The molecule has 1 aliphatic rings. The molecule has 0 unspecified atom stereocenters. The summed E-state index contributed by atoms with van der Waals surface area (Å²) >= 11 is 0. The van der Waals surface area contributed by atoms with Gasteiger partial charge in [-0.3, -0.25) is 4.57 Å². The van der Waals surface area contributed by atoms with Crippen molar-refractivity contribution >= 4 is 5.95 Å². The maximum atomic E-state index is 12.3. The molecule has 1 saturated carbocycles. The van der Waals surface area contributed by atoms with Crippen LogP contribution in [0, 0.1) is 12.8 Å². The monoisotopic (exact) mass is 284 g/mol.